The van der Waals surface area contributed by atoms with E-state index in [1.807, 2.05) is 12.1 Å². The van der Waals surface area contributed by atoms with Crippen LogP contribution < -0.4 is 15.5 Å². The van der Waals surface area contributed by atoms with Gasteiger partial charge in [-0.2, -0.15) is 0 Å². The van der Waals surface area contributed by atoms with Crippen molar-refractivity contribution in [1.82, 2.24) is 9.97 Å². The van der Waals surface area contributed by atoms with Gasteiger partial charge in [-0.05, 0) is 36.4 Å². The molecule has 0 atom stereocenters. The quantitative estimate of drug-likeness (QED) is 0.381. The van der Waals surface area contributed by atoms with E-state index in [1.54, 1.807) is 30.3 Å². The summed E-state index contributed by atoms with van der Waals surface area (Å²) in [6.07, 6.45) is 2.72. The normalized spacial score (nSPS) is 13.5. The Morgan fingerprint density at radius 2 is 2.00 bits per heavy atom. The molecule has 9 heteroatoms. The van der Waals surface area contributed by atoms with Crippen molar-refractivity contribution in [2.75, 3.05) is 41.8 Å². The van der Waals surface area contributed by atoms with Crippen LogP contribution in [0.15, 0.2) is 61.3 Å². The summed E-state index contributed by atoms with van der Waals surface area (Å²) in [4.78, 5) is 22.5. The lowest BCUT2D eigenvalue weighted by Crippen LogP contribution is -2.36. The molecule has 0 aliphatic carbocycles. The van der Waals surface area contributed by atoms with Crippen LogP contribution >= 0.6 is 11.6 Å². The zero-order valence-corrected chi connectivity index (χ0v) is 18.0. The molecule has 32 heavy (non-hydrogen) atoms. The Hall–Kier alpha value is -3.62. The van der Waals surface area contributed by atoms with Gasteiger partial charge in [0.05, 0.1) is 35.8 Å². The molecule has 1 saturated heterocycles. The molecule has 1 aliphatic rings. The van der Waals surface area contributed by atoms with E-state index in [0.717, 1.165) is 16.9 Å². The number of rotatable bonds is 6. The van der Waals surface area contributed by atoms with Crippen molar-refractivity contribution in [2.45, 2.75) is 0 Å². The van der Waals surface area contributed by atoms with Crippen LogP contribution in [0, 0.1) is 0 Å². The number of phenols is 1. The summed E-state index contributed by atoms with van der Waals surface area (Å²) >= 11 is 6.36. The highest BCUT2D eigenvalue weighted by Gasteiger charge is 2.16. The van der Waals surface area contributed by atoms with Gasteiger partial charge in [-0.15, -0.1) is 0 Å². The third kappa shape index (κ3) is 4.99. The van der Waals surface area contributed by atoms with Crippen LogP contribution in [0.5, 0.6) is 5.75 Å². The van der Waals surface area contributed by atoms with Crippen LogP contribution in [0.1, 0.15) is 0 Å². The summed E-state index contributed by atoms with van der Waals surface area (Å²) in [5, 5.41) is 16.6. The van der Waals surface area contributed by atoms with Crippen LogP contribution in [0.2, 0.25) is 5.02 Å². The molecule has 164 valence electrons. The molecule has 0 spiro atoms. The van der Waals surface area contributed by atoms with E-state index in [1.165, 1.54) is 12.3 Å². The molecular formula is C23H22ClN5O3. The molecular weight excluding hydrogens is 430 g/mol. The van der Waals surface area contributed by atoms with Crippen LogP contribution in [0.25, 0.3) is 11.3 Å². The largest absolute Gasteiger partial charge is 0.506 e. The van der Waals surface area contributed by atoms with E-state index in [2.05, 4.69) is 32.1 Å². The minimum absolute atomic E-state index is 0.202. The molecule has 3 N–H and O–H groups in total. The number of benzene rings is 2. The molecule has 0 radical (unpaired) electrons. The first-order valence-corrected chi connectivity index (χ1v) is 10.4. The van der Waals surface area contributed by atoms with Gasteiger partial charge in [0.1, 0.15) is 5.75 Å². The molecule has 0 bridgehead atoms. The maximum Gasteiger partial charge on any atom is 0.247 e. The third-order valence-corrected chi connectivity index (χ3v) is 5.19. The number of nitrogens with one attached hydrogen (secondary N) is 2. The number of hydrogen-bond donors (Lipinski definition) is 3. The summed E-state index contributed by atoms with van der Waals surface area (Å²) < 4.78 is 5.39. The highest BCUT2D eigenvalue weighted by Crippen LogP contribution is 2.33. The number of hydrogen-bond acceptors (Lipinski definition) is 7. The highest BCUT2D eigenvalue weighted by atomic mass is 35.5. The zero-order valence-electron chi connectivity index (χ0n) is 17.2. The van der Waals surface area contributed by atoms with E-state index < -0.39 is 0 Å². The van der Waals surface area contributed by atoms with E-state index in [-0.39, 0.29) is 11.7 Å². The number of ether oxygens (including phenoxy) is 1. The summed E-state index contributed by atoms with van der Waals surface area (Å²) in [7, 11) is 0. The van der Waals surface area contributed by atoms with Crippen LogP contribution in [-0.2, 0) is 9.53 Å². The average molecular weight is 452 g/mol. The summed E-state index contributed by atoms with van der Waals surface area (Å²) in [5.41, 5.74) is 3.29. The van der Waals surface area contributed by atoms with Crippen molar-refractivity contribution in [2.24, 2.45) is 0 Å². The molecule has 4 rings (SSSR count). The van der Waals surface area contributed by atoms with Gasteiger partial charge < -0.3 is 25.4 Å². The van der Waals surface area contributed by atoms with Crippen LogP contribution in [0.4, 0.5) is 23.0 Å². The molecule has 8 nitrogen and oxygen atoms in total. The smallest absolute Gasteiger partial charge is 0.247 e. The summed E-state index contributed by atoms with van der Waals surface area (Å²) in [5.74, 6) is 0.249. The van der Waals surface area contributed by atoms with Gasteiger partial charge in [0.25, 0.3) is 0 Å². The maximum atomic E-state index is 11.6. The predicted octanol–water partition coefficient (Wildman–Crippen LogP) is 4.21. The minimum Gasteiger partial charge on any atom is -0.506 e. The number of anilines is 4. The fraction of sp³-hybridized carbons (Fsp3) is 0.174. The van der Waals surface area contributed by atoms with Crippen molar-refractivity contribution in [3.05, 3.63) is 66.3 Å². The second-order valence-electron chi connectivity index (χ2n) is 7.09. The number of carbonyl (C=O) groups excluding carboxylic acids is 1. The monoisotopic (exact) mass is 451 g/mol. The molecule has 2 heterocycles. The second-order valence-corrected chi connectivity index (χ2v) is 7.50. The van der Waals surface area contributed by atoms with E-state index in [0.29, 0.717) is 48.7 Å². The number of carbonyl (C=O) groups is 1. The van der Waals surface area contributed by atoms with E-state index in [9.17, 15) is 9.90 Å². The molecule has 0 unspecified atom stereocenters. The number of nitrogens with zero attached hydrogens (tertiary/aromatic N) is 3. The Balaban J connectivity index is 1.59. The molecule has 1 aliphatic heterocycles. The number of amides is 1. The topological polar surface area (TPSA) is 99.6 Å². The van der Waals surface area contributed by atoms with Gasteiger partial charge in [0.15, 0.2) is 0 Å². The lowest BCUT2D eigenvalue weighted by Gasteiger charge is -2.29. The van der Waals surface area contributed by atoms with Crippen molar-refractivity contribution >= 4 is 40.5 Å². The summed E-state index contributed by atoms with van der Waals surface area (Å²) in [6.45, 7) is 6.11. The third-order valence-electron chi connectivity index (χ3n) is 4.92. The molecule has 1 amide bonds. The van der Waals surface area contributed by atoms with E-state index in [4.69, 9.17) is 16.3 Å². The van der Waals surface area contributed by atoms with Gasteiger partial charge in [-0.1, -0.05) is 30.3 Å². The number of morpholine rings is 1. The zero-order chi connectivity index (χ0) is 22.5. The predicted molar refractivity (Wildman–Crippen MR) is 126 cm³/mol. The Morgan fingerprint density at radius 1 is 1.19 bits per heavy atom. The first-order valence-electron chi connectivity index (χ1n) is 10.0. The first-order chi connectivity index (χ1) is 15.5. The average Bonchev–Trinajstić information content (AvgIpc) is 2.82. The highest BCUT2D eigenvalue weighted by molar-refractivity contribution is 6.33. The lowest BCUT2D eigenvalue weighted by atomic mass is 10.1. The molecule has 2 aromatic carbocycles. The Morgan fingerprint density at radius 3 is 2.78 bits per heavy atom. The standard InChI is InChI=1S/C23H22ClN5O3/c1-2-21(31)26-16-5-3-4-15(12-16)22-18(24)14-25-23(28-22)27-17-6-7-20(30)19(13-17)29-8-10-32-11-9-29/h2-7,12-14,30H,1,8-11H2,(H,26,31)(H,25,27,28). The lowest BCUT2D eigenvalue weighted by molar-refractivity contribution is -0.111. The van der Waals surface area contributed by atoms with Crippen molar-refractivity contribution < 1.29 is 14.6 Å². The van der Waals surface area contributed by atoms with Gasteiger partial charge in [0, 0.05) is 30.0 Å². The number of aromatic hydroxyl groups is 1. The Bertz CT molecular complexity index is 1150. The Kier molecular flexibility index (Phi) is 6.53. The number of phenolic OH excluding ortho intramolecular Hbond substituents is 1. The second kappa shape index (κ2) is 9.67. The first kappa shape index (κ1) is 21.6. The van der Waals surface area contributed by atoms with Gasteiger partial charge in [0.2, 0.25) is 11.9 Å². The van der Waals surface area contributed by atoms with Crippen LogP contribution in [-0.4, -0.2) is 47.3 Å². The minimum atomic E-state index is -0.304. The van der Waals surface area contributed by atoms with E-state index >= 15 is 0 Å². The Labute approximate surface area is 190 Å². The number of aromatic nitrogens is 2. The fourth-order valence-electron chi connectivity index (χ4n) is 3.36. The van der Waals surface area contributed by atoms with Gasteiger partial charge in [-0.25, -0.2) is 9.97 Å². The number of halogens is 1. The van der Waals surface area contributed by atoms with Crippen molar-refractivity contribution in [3.63, 3.8) is 0 Å². The maximum absolute atomic E-state index is 11.6. The SMILES string of the molecule is C=CC(=O)Nc1cccc(-c2nc(Nc3ccc(O)c(N4CCOCC4)c3)ncc2Cl)c1. The summed E-state index contributed by atoms with van der Waals surface area (Å²) in [6, 6.07) is 12.4. The van der Waals surface area contributed by atoms with Crippen LogP contribution in [0.3, 0.4) is 0 Å². The molecule has 1 fully saturated rings. The van der Waals surface area contributed by atoms with Gasteiger partial charge >= 0.3 is 0 Å². The van der Waals surface area contributed by atoms with Crippen molar-refractivity contribution in [3.8, 4) is 17.0 Å². The molecule has 3 aromatic rings. The molecule has 1 aromatic heterocycles. The van der Waals surface area contributed by atoms with Gasteiger partial charge in [-0.3, -0.25) is 4.79 Å². The van der Waals surface area contributed by atoms with Crippen molar-refractivity contribution in [1.29, 1.82) is 0 Å². The fourth-order valence-corrected chi connectivity index (χ4v) is 3.56. The molecule has 0 saturated carbocycles.